The van der Waals surface area contributed by atoms with Crippen molar-refractivity contribution in [3.63, 3.8) is 0 Å². The molecule has 0 heterocycles. The zero-order valence-corrected chi connectivity index (χ0v) is 8.05. The summed E-state index contributed by atoms with van der Waals surface area (Å²) in [6.07, 6.45) is 4.23. The molecule has 0 aromatic rings. The van der Waals surface area contributed by atoms with Crippen LogP contribution < -0.4 is 0 Å². The summed E-state index contributed by atoms with van der Waals surface area (Å²) in [4.78, 5) is 11.6. The third kappa shape index (κ3) is 0.825. The van der Waals surface area contributed by atoms with Crippen LogP contribution in [0.2, 0.25) is 0 Å². The first-order valence-electron chi connectivity index (χ1n) is 4.73. The number of allylic oxidation sites excluding steroid dienone is 2. The van der Waals surface area contributed by atoms with Crippen molar-refractivity contribution >= 4 is 5.78 Å². The molecule has 0 unspecified atom stereocenters. The summed E-state index contributed by atoms with van der Waals surface area (Å²) < 4.78 is 0. The van der Waals surface area contributed by atoms with Gasteiger partial charge in [0.05, 0.1) is 0 Å². The van der Waals surface area contributed by atoms with E-state index in [1.165, 1.54) is 5.57 Å². The van der Waals surface area contributed by atoms with Crippen LogP contribution in [0.1, 0.15) is 33.6 Å². The van der Waals surface area contributed by atoms with Gasteiger partial charge in [-0.3, -0.25) is 4.79 Å². The van der Waals surface area contributed by atoms with Crippen molar-refractivity contribution in [1.29, 1.82) is 0 Å². The Hall–Kier alpha value is -0.590. The molecule has 2 atom stereocenters. The molecule has 2 bridgehead atoms. The molecule has 0 spiro atoms. The molecule has 0 N–H and O–H groups in total. The number of ketones is 1. The second-order valence-electron chi connectivity index (χ2n) is 4.82. The summed E-state index contributed by atoms with van der Waals surface area (Å²) in [5, 5.41) is 0. The Morgan fingerprint density at radius 2 is 2.08 bits per heavy atom. The average molecular weight is 164 g/mol. The maximum Gasteiger partial charge on any atom is 0.140 e. The second-order valence-corrected chi connectivity index (χ2v) is 4.82. The Morgan fingerprint density at radius 3 is 2.67 bits per heavy atom. The first-order chi connectivity index (χ1) is 5.53. The molecule has 1 nitrogen and oxygen atoms in total. The van der Waals surface area contributed by atoms with E-state index >= 15 is 0 Å². The lowest BCUT2D eigenvalue weighted by molar-refractivity contribution is -0.151. The maximum atomic E-state index is 11.6. The third-order valence-electron chi connectivity index (χ3n) is 3.71. The first-order valence-corrected chi connectivity index (χ1v) is 4.73. The minimum absolute atomic E-state index is 0.269. The number of hydrogen-bond donors (Lipinski definition) is 0. The lowest BCUT2D eigenvalue weighted by atomic mass is 9.53. The molecule has 0 amide bonds. The van der Waals surface area contributed by atoms with Crippen LogP contribution in [0.4, 0.5) is 0 Å². The highest BCUT2D eigenvalue weighted by Crippen LogP contribution is 2.54. The summed E-state index contributed by atoms with van der Waals surface area (Å²) in [6, 6.07) is 0. The van der Waals surface area contributed by atoms with Crippen LogP contribution in [0.25, 0.3) is 0 Å². The molecule has 0 aliphatic heterocycles. The van der Waals surface area contributed by atoms with Gasteiger partial charge in [-0.05, 0) is 25.2 Å². The summed E-state index contributed by atoms with van der Waals surface area (Å²) in [6.45, 7) is 6.61. The van der Waals surface area contributed by atoms with E-state index in [2.05, 4.69) is 26.8 Å². The topological polar surface area (TPSA) is 17.1 Å². The van der Waals surface area contributed by atoms with Gasteiger partial charge in [-0.2, -0.15) is 0 Å². The number of fused-ring (bicyclic) bond motifs is 2. The zero-order chi connectivity index (χ0) is 8.93. The normalized spacial score (nSPS) is 38.2. The maximum absolute atomic E-state index is 11.6. The summed E-state index contributed by atoms with van der Waals surface area (Å²) in [5.74, 6) is 1.15. The van der Waals surface area contributed by atoms with Crippen molar-refractivity contribution in [3.8, 4) is 0 Å². The van der Waals surface area contributed by atoms with Crippen LogP contribution in [0.3, 0.4) is 0 Å². The van der Waals surface area contributed by atoms with E-state index in [9.17, 15) is 4.79 Å². The van der Waals surface area contributed by atoms with Crippen molar-refractivity contribution in [2.75, 3.05) is 0 Å². The predicted octanol–water partition coefficient (Wildman–Crippen LogP) is 2.57. The molecule has 3 rings (SSSR count). The van der Waals surface area contributed by atoms with Crippen molar-refractivity contribution in [2.24, 2.45) is 17.3 Å². The Labute approximate surface area is 73.8 Å². The summed E-state index contributed by atoms with van der Waals surface area (Å²) in [7, 11) is 0. The molecule has 0 saturated heterocycles. The van der Waals surface area contributed by atoms with Gasteiger partial charge in [0.15, 0.2) is 0 Å². The molecule has 1 heteroatoms. The molecule has 12 heavy (non-hydrogen) atoms. The van der Waals surface area contributed by atoms with Gasteiger partial charge in [0.2, 0.25) is 0 Å². The van der Waals surface area contributed by atoms with E-state index in [4.69, 9.17) is 0 Å². The number of carbonyl (C=O) groups excluding carboxylic acids is 1. The first kappa shape index (κ1) is 8.03. The van der Waals surface area contributed by atoms with Crippen LogP contribution in [0, 0.1) is 17.3 Å². The SMILES string of the molecule is CC1=CC[C@@H]2C(=O)[C@H](C1)C2(C)C. The van der Waals surface area contributed by atoms with E-state index in [-0.39, 0.29) is 5.41 Å². The van der Waals surface area contributed by atoms with Gasteiger partial charge < -0.3 is 0 Å². The number of Topliss-reactive ketones (excluding diaryl/α,β-unsaturated/α-hetero) is 1. The van der Waals surface area contributed by atoms with Gasteiger partial charge in [0.25, 0.3) is 0 Å². The molecule has 0 aromatic carbocycles. The minimum Gasteiger partial charge on any atom is -0.299 e. The fourth-order valence-corrected chi connectivity index (χ4v) is 2.63. The van der Waals surface area contributed by atoms with Gasteiger partial charge in [-0.15, -0.1) is 0 Å². The summed E-state index contributed by atoms with van der Waals surface area (Å²) >= 11 is 0. The van der Waals surface area contributed by atoms with Crippen molar-refractivity contribution < 1.29 is 4.79 Å². The fourth-order valence-electron chi connectivity index (χ4n) is 2.63. The highest BCUT2D eigenvalue weighted by Gasteiger charge is 2.55. The monoisotopic (exact) mass is 164 g/mol. The lowest BCUT2D eigenvalue weighted by Crippen LogP contribution is -2.53. The van der Waals surface area contributed by atoms with Crippen LogP contribution in [0.5, 0.6) is 0 Å². The molecular formula is C11H16O. The largest absolute Gasteiger partial charge is 0.299 e. The number of carbonyl (C=O) groups is 1. The summed E-state index contributed by atoms with van der Waals surface area (Å²) in [5.41, 5.74) is 1.67. The van der Waals surface area contributed by atoms with Gasteiger partial charge >= 0.3 is 0 Å². The highest BCUT2D eigenvalue weighted by atomic mass is 16.1. The van der Waals surface area contributed by atoms with Gasteiger partial charge in [-0.25, -0.2) is 0 Å². The molecule has 0 radical (unpaired) electrons. The van der Waals surface area contributed by atoms with E-state index in [1.54, 1.807) is 0 Å². The highest BCUT2D eigenvalue weighted by molar-refractivity contribution is 5.92. The van der Waals surface area contributed by atoms with Crippen LogP contribution in [-0.2, 0) is 4.79 Å². The molecule has 1 saturated carbocycles. The van der Waals surface area contributed by atoms with Gasteiger partial charge in [-0.1, -0.05) is 25.5 Å². The Kier molecular flexibility index (Phi) is 1.48. The smallest absolute Gasteiger partial charge is 0.140 e. The molecule has 1 fully saturated rings. The Balaban J connectivity index is 2.30. The van der Waals surface area contributed by atoms with Crippen LogP contribution in [-0.4, -0.2) is 5.78 Å². The lowest BCUT2D eigenvalue weighted by Gasteiger charge is -2.49. The van der Waals surface area contributed by atoms with E-state index < -0.39 is 0 Å². The molecule has 66 valence electrons. The van der Waals surface area contributed by atoms with E-state index in [0.717, 1.165) is 12.8 Å². The fraction of sp³-hybridized carbons (Fsp3) is 0.727. The van der Waals surface area contributed by atoms with Crippen molar-refractivity contribution in [3.05, 3.63) is 11.6 Å². The van der Waals surface area contributed by atoms with Crippen molar-refractivity contribution in [1.82, 2.24) is 0 Å². The zero-order valence-electron chi connectivity index (χ0n) is 8.05. The molecule has 3 aliphatic rings. The van der Waals surface area contributed by atoms with Gasteiger partial charge in [0, 0.05) is 11.8 Å². The standard InChI is InChI=1S/C11H16O/c1-7-4-5-8-10(12)9(6-7)11(8,2)3/h4,8-9H,5-6H2,1-3H3/t8-,9+/m1/s1. The van der Waals surface area contributed by atoms with E-state index in [1.807, 2.05) is 0 Å². The van der Waals surface area contributed by atoms with Crippen LogP contribution >= 0.6 is 0 Å². The number of rotatable bonds is 0. The molecular weight excluding hydrogens is 148 g/mol. The third-order valence-corrected chi connectivity index (χ3v) is 3.71. The average Bonchev–Trinajstić information content (AvgIpc) is 2.19. The van der Waals surface area contributed by atoms with Gasteiger partial charge in [0.1, 0.15) is 5.78 Å². The molecule has 0 aromatic heterocycles. The van der Waals surface area contributed by atoms with E-state index in [0.29, 0.717) is 17.6 Å². The predicted molar refractivity (Wildman–Crippen MR) is 48.8 cm³/mol. The van der Waals surface area contributed by atoms with Crippen molar-refractivity contribution in [2.45, 2.75) is 33.6 Å². The number of hydrogen-bond acceptors (Lipinski definition) is 1. The second kappa shape index (κ2) is 2.21. The Bertz CT molecular complexity index is 260. The quantitative estimate of drug-likeness (QED) is 0.503. The van der Waals surface area contributed by atoms with Crippen LogP contribution in [0.15, 0.2) is 11.6 Å². The molecule has 3 aliphatic carbocycles. The minimum atomic E-state index is 0.269. The Morgan fingerprint density at radius 1 is 1.42 bits per heavy atom.